The number of carbonyl (C=O) groups excluding carboxylic acids is 1. The average Bonchev–Trinajstić information content (AvgIpc) is 3.05. The van der Waals surface area contributed by atoms with E-state index in [9.17, 15) is 4.79 Å². The van der Waals surface area contributed by atoms with Crippen molar-refractivity contribution in [2.45, 2.75) is 6.17 Å². The fourth-order valence-electron chi connectivity index (χ4n) is 2.68. The van der Waals surface area contributed by atoms with E-state index in [0.717, 1.165) is 19.2 Å². The Morgan fingerprint density at radius 2 is 2.20 bits per heavy atom. The lowest BCUT2D eigenvalue weighted by molar-refractivity contribution is -0.116. The molecule has 1 aromatic heterocycles. The number of hydrogen-bond acceptors (Lipinski definition) is 6. The first kappa shape index (κ1) is 16.6. The van der Waals surface area contributed by atoms with E-state index in [-0.39, 0.29) is 12.1 Å². The molecule has 2 aliphatic rings. The summed E-state index contributed by atoms with van der Waals surface area (Å²) < 4.78 is 1.02. The number of halogens is 1. The number of nitrogens with one attached hydrogen (secondary N) is 1. The maximum absolute atomic E-state index is 12.8. The monoisotopic (exact) mass is 432 g/mol. The number of para-hydroxylation sites is 1. The summed E-state index contributed by atoms with van der Waals surface area (Å²) >= 11 is 6.52. The van der Waals surface area contributed by atoms with Crippen LogP contribution >= 0.6 is 39.0 Å². The second-order valence-corrected chi connectivity index (χ2v) is 8.82. The van der Waals surface area contributed by atoms with Crippen molar-refractivity contribution < 1.29 is 4.79 Å². The maximum atomic E-state index is 12.8. The van der Waals surface area contributed by atoms with E-state index >= 15 is 0 Å². The highest BCUT2D eigenvalue weighted by molar-refractivity contribution is 9.11. The van der Waals surface area contributed by atoms with Crippen LogP contribution in [0.15, 0.2) is 62.9 Å². The maximum Gasteiger partial charge on any atom is 0.276 e. The van der Waals surface area contributed by atoms with E-state index in [1.165, 1.54) is 11.8 Å². The number of carbonyl (C=O) groups is 1. The third kappa shape index (κ3) is 3.05. The van der Waals surface area contributed by atoms with E-state index in [0.29, 0.717) is 16.6 Å². The van der Waals surface area contributed by atoms with Gasteiger partial charge in [-0.3, -0.25) is 15.1 Å². The van der Waals surface area contributed by atoms with Gasteiger partial charge in [-0.1, -0.05) is 36.0 Å². The molecule has 0 saturated heterocycles. The van der Waals surface area contributed by atoms with Gasteiger partial charge in [-0.15, -0.1) is 23.0 Å². The molecule has 0 unspecified atom stereocenters. The van der Waals surface area contributed by atoms with Crippen LogP contribution in [0, 0.1) is 0 Å². The minimum Gasteiger partial charge on any atom is -0.298 e. The fourth-order valence-corrected chi connectivity index (χ4v) is 4.72. The Bertz CT molecular complexity index is 1010. The van der Waals surface area contributed by atoms with Crippen LogP contribution in [0.4, 0.5) is 0 Å². The molecule has 3 heterocycles. The van der Waals surface area contributed by atoms with Crippen molar-refractivity contribution in [2.24, 2.45) is 10.1 Å². The Hall–Kier alpha value is -1.90. The van der Waals surface area contributed by atoms with Gasteiger partial charge in [0.1, 0.15) is 5.70 Å². The smallest absolute Gasteiger partial charge is 0.276 e. The topological polar surface area (TPSA) is 57.1 Å². The van der Waals surface area contributed by atoms with Gasteiger partial charge in [0.2, 0.25) is 0 Å². The summed E-state index contributed by atoms with van der Waals surface area (Å²) in [6.07, 6.45) is 1.43. The molecule has 25 heavy (non-hydrogen) atoms. The number of amidine groups is 1. The molecule has 0 fully saturated rings. The number of fused-ring (bicyclic) bond motifs is 2. The van der Waals surface area contributed by atoms with Crippen LogP contribution in [-0.4, -0.2) is 21.8 Å². The number of thiophene rings is 1. The van der Waals surface area contributed by atoms with Crippen molar-refractivity contribution in [3.8, 4) is 0 Å². The van der Waals surface area contributed by atoms with E-state index in [1.807, 2.05) is 36.4 Å². The predicted molar refractivity (Wildman–Crippen MR) is 105 cm³/mol. The van der Waals surface area contributed by atoms with Crippen LogP contribution in [0.2, 0.25) is 0 Å². The number of thioether (sulfide) groups is 1. The molecular weight excluding hydrogens is 420 g/mol. The second kappa shape index (κ2) is 6.78. The van der Waals surface area contributed by atoms with E-state index < -0.39 is 0 Å². The summed E-state index contributed by atoms with van der Waals surface area (Å²) in [5.41, 5.74) is 0.531. The number of rotatable bonds is 3. The Morgan fingerprint density at radius 1 is 1.36 bits per heavy atom. The molecule has 1 amide bonds. The third-order valence-corrected chi connectivity index (χ3v) is 6.22. The lowest BCUT2D eigenvalue weighted by Gasteiger charge is -2.33. The minimum atomic E-state index is -0.355. The number of hydrazone groups is 1. The van der Waals surface area contributed by atoms with E-state index in [2.05, 4.69) is 32.9 Å². The zero-order chi connectivity index (χ0) is 17.4. The normalized spacial score (nSPS) is 18.7. The van der Waals surface area contributed by atoms with Gasteiger partial charge in [0.25, 0.3) is 5.91 Å². The second-order valence-electron chi connectivity index (χ2n) is 5.31. The molecular formula is C17H13BrN4OS2. The molecule has 0 bridgehead atoms. The molecule has 1 N–H and O–H groups in total. The van der Waals surface area contributed by atoms with Crippen molar-refractivity contribution in [3.63, 3.8) is 0 Å². The number of hydrogen-bond donors (Lipinski definition) is 1. The lowest BCUT2D eigenvalue weighted by Crippen LogP contribution is -2.50. The van der Waals surface area contributed by atoms with Crippen LogP contribution in [0.1, 0.15) is 11.0 Å². The van der Waals surface area contributed by atoms with Crippen molar-refractivity contribution in [2.75, 3.05) is 5.75 Å². The molecule has 2 aliphatic heterocycles. The van der Waals surface area contributed by atoms with Gasteiger partial charge in [-0.25, -0.2) is 5.01 Å². The first-order valence-corrected chi connectivity index (χ1v) is 10.1. The van der Waals surface area contributed by atoms with Gasteiger partial charge in [-0.05, 0) is 34.1 Å². The molecule has 4 rings (SSSR count). The van der Waals surface area contributed by atoms with Crippen LogP contribution < -0.4 is 15.9 Å². The van der Waals surface area contributed by atoms with Crippen molar-refractivity contribution in [1.29, 1.82) is 0 Å². The van der Waals surface area contributed by atoms with Gasteiger partial charge in [-0.2, -0.15) is 0 Å². The number of nitrogens with zero attached hydrogens (tertiary/aromatic N) is 3. The molecule has 0 spiro atoms. The molecule has 126 valence electrons. The van der Waals surface area contributed by atoms with E-state index in [4.69, 9.17) is 4.99 Å². The van der Waals surface area contributed by atoms with Crippen LogP contribution in [0.3, 0.4) is 0 Å². The standard InChI is InChI=1S/C17H13BrN4OS2/c1-2-9-24-17-20-16(23)14-10-5-3-4-6-11(10)19-15(22(14)21-17)12-7-8-13(18)25-12/h2-8,15H,1,9H2,(H,20,21,23)/t15-/m1/s1. The molecule has 8 heteroatoms. The molecule has 0 aliphatic carbocycles. The molecule has 1 aromatic carbocycles. The molecule has 0 radical (unpaired) electrons. The summed E-state index contributed by atoms with van der Waals surface area (Å²) in [6, 6.07) is 11.6. The first-order valence-electron chi connectivity index (χ1n) is 7.52. The number of benzene rings is 1. The Balaban J connectivity index is 1.91. The van der Waals surface area contributed by atoms with Gasteiger partial charge in [0.05, 0.1) is 14.0 Å². The van der Waals surface area contributed by atoms with E-state index in [1.54, 1.807) is 22.4 Å². The van der Waals surface area contributed by atoms with Crippen LogP contribution in [0.25, 0.3) is 5.70 Å². The van der Waals surface area contributed by atoms with Gasteiger partial charge in [0, 0.05) is 11.0 Å². The van der Waals surface area contributed by atoms with Gasteiger partial charge < -0.3 is 0 Å². The molecule has 0 saturated carbocycles. The van der Waals surface area contributed by atoms with Crippen molar-refractivity contribution in [1.82, 2.24) is 10.3 Å². The Morgan fingerprint density at radius 3 is 2.96 bits per heavy atom. The average molecular weight is 433 g/mol. The highest BCUT2D eigenvalue weighted by Gasteiger charge is 2.34. The SMILES string of the molecule is C=CCSC1=NN2C(=c3ccccc3=N[C@H]2c2ccc(Br)s2)C(=O)N1. The fraction of sp³-hybridized carbons (Fsp3) is 0.118. The Labute approximate surface area is 161 Å². The largest absolute Gasteiger partial charge is 0.298 e. The highest BCUT2D eigenvalue weighted by atomic mass is 79.9. The molecule has 2 aromatic rings. The lowest BCUT2D eigenvalue weighted by atomic mass is 10.1. The predicted octanol–water partition coefficient (Wildman–Crippen LogP) is 2.57. The summed E-state index contributed by atoms with van der Waals surface area (Å²) in [7, 11) is 0. The first-order chi connectivity index (χ1) is 12.2. The van der Waals surface area contributed by atoms with Gasteiger partial charge >= 0.3 is 0 Å². The molecule has 5 nitrogen and oxygen atoms in total. The third-order valence-electron chi connectivity index (χ3n) is 3.70. The van der Waals surface area contributed by atoms with Crippen molar-refractivity contribution in [3.05, 3.63) is 68.3 Å². The van der Waals surface area contributed by atoms with Crippen LogP contribution in [-0.2, 0) is 4.79 Å². The zero-order valence-corrected chi connectivity index (χ0v) is 16.2. The quantitative estimate of drug-likeness (QED) is 0.758. The molecule has 1 atom stereocenters. The van der Waals surface area contributed by atoms with Gasteiger partial charge in [0.15, 0.2) is 11.3 Å². The van der Waals surface area contributed by atoms with Crippen molar-refractivity contribution >= 4 is 55.8 Å². The summed E-state index contributed by atoms with van der Waals surface area (Å²) in [4.78, 5) is 18.6. The van der Waals surface area contributed by atoms with Crippen LogP contribution in [0.5, 0.6) is 0 Å². The zero-order valence-electron chi connectivity index (χ0n) is 13.0. The highest BCUT2D eigenvalue weighted by Crippen LogP contribution is 2.35. The Kier molecular flexibility index (Phi) is 4.49. The summed E-state index contributed by atoms with van der Waals surface area (Å²) in [5, 5.41) is 11.4. The summed E-state index contributed by atoms with van der Waals surface area (Å²) in [6.45, 7) is 3.71. The minimum absolute atomic E-state index is 0.162. The number of amides is 1. The summed E-state index contributed by atoms with van der Waals surface area (Å²) in [5.74, 6) is 0.509.